The first-order valence-electron chi connectivity index (χ1n) is 6.49. The van der Waals surface area contributed by atoms with E-state index in [4.69, 9.17) is 16.3 Å². The SMILES string of the molecule is Cc1cc([N+](=O)[O-])ccc1NC(=O)COc1ccc(F)cc1Cl. The van der Waals surface area contributed by atoms with Gasteiger partial charge in [-0.3, -0.25) is 14.9 Å². The number of hydrogen-bond donors (Lipinski definition) is 1. The first-order chi connectivity index (χ1) is 10.9. The van der Waals surface area contributed by atoms with Crippen molar-refractivity contribution in [3.05, 3.63) is 62.9 Å². The van der Waals surface area contributed by atoms with E-state index in [0.29, 0.717) is 11.3 Å². The van der Waals surface area contributed by atoms with E-state index in [2.05, 4.69) is 5.32 Å². The monoisotopic (exact) mass is 338 g/mol. The molecule has 0 atom stereocenters. The predicted molar refractivity (Wildman–Crippen MR) is 83.4 cm³/mol. The number of nitro groups is 1. The first-order valence-corrected chi connectivity index (χ1v) is 6.87. The fourth-order valence-electron chi connectivity index (χ4n) is 1.82. The Morgan fingerprint density at radius 1 is 1.35 bits per heavy atom. The lowest BCUT2D eigenvalue weighted by atomic mass is 10.2. The van der Waals surface area contributed by atoms with Gasteiger partial charge in [0.05, 0.1) is 9.95 Å². The number of carbonyl (C=O) groups is 1. The number of anilines is 1. The molecule has 0 radical (unpaired) electrons. The van der Waals surface area contributed by atoms with Gasteiger partial charge in [0.15, 0.2) is 6.61 Å². The molecule has 0 fully saturated rings. The van der Waals surface area contributed by atoms with Crippen LogP contribution in [0.3, 0.4) is 0 Å². The third-order valence-electron chi connectivity index (χ3n) is 2.95. The number of benzene rings is 2. The Hall–Kier alpha value is -2.67. The van der Waals surface area contributed by atoms with Crippen molar-refractivity contribution in [3.8, 4) is 5.75 Å². The van der Waals surface area contributed by atoms with Gasteiger partial charge in [-0.15, -0.1) is 0 Å². The molecule has 0 aliphatic rings. The molecule has 0 heterocycles. The third-order valence-corrected chi connectivity index (χ3v) is 3.24. The fourth-order valence-corrected chi connectivity index (χ4v) is 2.05. The zero-order valence-corrected chi connectivity index (χ0v) is 12.8. The van der Waals surface area contributed by atoms with Crippen molar-refractivity contribution in [1.29, 1.82) is 0 Å². The highest BCUT2D eigenvalue weighted by Gasteiger charge is 2.11. The van der Waals surface area contributed by atoms with Crippen molar-refractivity contribution in [2.24, 2.45) is 0 Å². The smallest absolute Gasteiger partial charge is 0.269 e. The highest BCUT2D eigenvalue weighted by molar-refractivity contribution is 6.32. The van der Waals surface area contributed by atoms with Crippen LogP contribution >= 0.6 is 11.6 Å². The first kappa shape index (κ1) is 16.7. The molecule has 23 heavy (non-hydrogen) atoms. The maximum absolute atomic E-state index is 12.9. The highest BCUT2D eigenvalue weighted by Crippen LogP contribution is 2.25. The molecule has 0 aliphatic carbocycles. The highest BCUT2D eigenvalue weighted by atomic mass is 35.5. The molecule has 2 aromatic rings. The number of nitrogens with zero attached hydrogens (tertiary/aromatic N) is 1. The number of nitro benzene ring substituents is 1. The standard InChI is InChI=1S/C15H12ClFN2O4/c1-9-6-11(19(21)22)3-4-13(9)18-15(20)8-23-14-5-2-10(17)7-12(14)16/h2-7H,8H2,1H3,(H,18,20). The lowest BCUT2D eigenvalue weighted by Crippen LogP contribution is -2.20. The molecule has 8 heteroatoms. The van der Waals surface area contributed by atoms with Gasteiger partial charge < -0.3 is 10.1 Å². The normalized spacial score (nSPS) is 10.2. The number of non-ortho nitro benzene ring substituents is 1. The van der Waals surface area contributed by atoms with Gasteiger partial charge in [-0.25, -0.2) is 4.39 Å². The van der Waals surface area contributed by atoms with Crippen LogP contribution in [0.5, 0.6) is 5.75 Å². The van der Waals surface area contributed by atoms with E-state index in [1.165, 1.54) is 30.3 Å². The summed E-state index contributed by atoms with van der Waals surface area (Å²) >= 11 is 5.78. The quantitative estimate of drug-likeness (QED) is 0.665. The van der Waals surface area contributed by atoms with Gasteiger partial charge in [-0.2, -0.15) is 0 Å². The van der Waals surface area contributed by atoms with Crippen molar-refractivity contribution in [1.82, 2.24) is 0 Å². The van der Waals surface area contributed by atoms with E-state index < -0.39 is 16.6 Å². The van der Waals surface area contributed by atoms with Crippen LogP contribution in [0.25, 0.3) is 0 Å². The Morgan fingerprint density at radius 2 is 2.09 bits per heavy atom. The van der Waals surface area contributed by atoms with Gasteiger partial charge in [0, 0.05) is 17.8 Å². The maximum Gasteiger partial charge on any atom is 0.269 e. The Bertz CT molecular complexity index is 767. The molecule has 0 saturated heterocycles. The minimum Gasteiger partial charge on any atom is -0.482 e. The number of aryl methyl sites for hydroxylation is 1. The lowest BCUT2D eigenvalue weighted by molar-refractivity contribution is -0.384. The zero-order valence-electron chi connectivity index (χ0n) is 12.0. The van der Waals surface area contributed by atoms with E-state index in [1.807, 2.05) is 0 Å². The predicted octanol–water partition coefficient (Wildman–Crippen LogP) is 3.71. The van der Waals surface area contributed by atoms with Crippen molar-refractivity contribution >= 4 is 28.9 Å². The van der Waals surface area contributed by atoms with Gasteiger partial charge in [0.2, 0.25) is 0 Å². The molecule has 2 rings (SSSR count). The van der Waals surface area contributed by atoms with Crippen LogP contribution in [0.4, 0.5) is 15.8 Å². The average molecular weight is 339 g/mol. The molecule has 0 spiro atoms. The molecular weight excluding hydrogens is 327 g/mol. The summed E-state index contributed by atoms with van der Waals surface area (Å²) in [5, 5.41) is 13.3. The van der Waals surface area contributed by atoms with Crippen molar-refractivity contribution in [2.75, 3.05) is 11.9 Å². The second kappa shape index (κ2) is 7.06. The van der Waals surface area contributed by atoms with Crippen LogP contribution in [0.1, 0.15) is 5.56 Å². The van der Waals surface area contributed by atoms with Gasteiger partial charge >= 0.3 is 0 Å². The van der Waals surface area contributed by atoms with Gasteiger partial charge in [-0.1, -0.05) is 11.6 Å². The Kier molecular flexibility index (Phi) is 5.13. The third kappa shape index (κ3) is 4.40. The fraction of sp³-hybridized carbons (Fsp3) is 0.133. The maximum atomic E-state index is 12.9. The Labute approximate surface area is 136 Å². The zero-order chi connectivity index (χ0) is 17.0. The number of rotatable bonds is 5. The molecule has 1 N–H and O–H groups in total. The number of halogens is 2. The summed E-state index contributed by atoms with van der Waals surface area (Å²) < 4.78 is 18.1. The summed E-state index contributed by atoms with van der Waals surface area (Å²) in [6, 6.07) is 7.65. The van der Waals surface area contributed by atoms with Gasteiger partial charge in [0.25, 0.3) is 11.6 Å². The van der Waals surface area contributed by atoms with Crippen molar-refractivity contribution < 1.29 is 18.8 Å². The minimum absolute atomic E-state index is 0.0596. The van der Waals surface area contributed by atoms with Crippen molar-refractivity contribution in [3.63, 3.8) is 0 Å². The van der Waals surface area contributed by atoms with E-state index >= 15 is 0 Å². The number of amides is 1. The van der Waals surface area contributed by atoms with Gasteiger partial charge in [0.1, 0.15) is 11.6 Å². The summed E-state index contributed by atoms with van der Waals surface area (Å²) in [4.78, 5) is 22.0. The largest absolute Gasteiger partial charge is 0.482 e. The molecule has 0 bridgehead atoms. The molecule has 2 aromatic carbocycles. The van der Waals surface area contributed by atoms with Gasteiger partial charge in [-0.05, 0) is 36.8 Å². The van der Waals surface area contributed by atoms with E-state index in [9.17, 15) is 19.3 Å². The Morgan fingerprint density at radius 3 is 2.70 bits per heavy atom. The Balaban J connectivity index is 1.98. The van der Waals surface area contributed by atoms with E-state index in [-0.39, 0.29) is 23.1 Å². The number of hydrogen-bond acceptors (Lipinski definition) is 4. The number of carbonyl (C=O) groups excluding carboxylic acids is 1. The van der Waals surface area contributed by atoms with Crippen LogP contribution in [0.2, 0.25) is 5.02 Å². The molecule has 1 amide bonds. The summed E-state index contributed by atoms with van der Waals surface area (Å²) in [7, 11) is 0. The summed E-state index contributed by atoms with van der Waals surface area (Å²) in [5.41, 5.74) is 0.927. The minimum atomic E-state index is -0.516. The van der Waals surface area contributed by atoms with Crippen LogP contribution < -0.4 is 10.1 Å². The lowest BCUT2D eigenvalue weighted by Gasteiger charge is -2.10. The second-order valence-electron chi connectivity index (χ2n) is 4.67. The molecule has 0 aliphatic heterocycles. The number of ether oxygens (including phenoxy) is 1. The molecule has 120 valence electrons. The second-order valence-corrected chi connectivity index (χ2v) is 5.08. The molecule has 6 nitrogen and oxygen atoms in total. The molecule has 0 saturated carbocycles. The summed E-state index contributed by atoms with van der Waals surface area (Å²) in [5.74, 6) is -0.792. The summed E-state index contributed by atoms with van der Waals surface area (Å²) in [6.07, 6.45) is 0. The van der Waals surface area contributed by atoms with Crippen LogP contribution in [0, 0.1) is 22.9 Å². The number of nitrogens with one attached hydrogen (secondary N) is 1. The van der Waals surface area contributed by atoms with Crippen LogP contribution in [-0.2, 0) is 4.79 Å². The molecular formula is C15H12ClFN2O4. The van der Waals surface area contributed by atoms with E-state index in [1.54, 1.807) is 6.92 Å². The topological polar surface area (TPSA) is 81.5 Å². The van der Waals surface area contributed by atoms with E-state index in [0.717, 1.165) is 6.07 Å². The summed E-state index contributed by atoms with van der Waals surface area (Å²) in [6.45, 7) is 1.31. The van der Waals surface area contributed by atoms with Crippen LogP contribution in [-0.4, -0.2) is 17.4 Å². The van der Waals surface area contributed by atoms with Crippen LogP contribution in [0.15, 0.2) is 36.4 Å². The molecule has 0 unspecified atom stereocenters. The van der Waals surface area contributed by atoms with Crippen molar-refractivity contribution in [2.45, 2.75) is 6.92 Å². The average Bonchev–Trinajstić information content (AvgIpc) is 2.48. The molecule has 0 aromatic heterocycles.